The molecule has 3 aromatic rings. The van der Waals surface area contributed by atoms with Crippen molar-refractivity contribution in [2.45, 2.75) is 0 Å². The Labute approximate surface area is 134 Å². The predicted octanol–water partition coefficient (Wildman–Crippen LogP) is 1.53. The van der Waals surface area contributed by atoms with Crippen LogP contribution < -0.4 is 4.90 Å². The lowest BCUT2D eigenvalue weighted by molar-refractivity contribution is 0.123. The highest BCUT2D eigenvalue weighted by molar-refractivity contribution is 5.94. The second kappa shape index (κ2) is 5.78. The summed E-state index contributed by atoms with van der Waals surface area (Å²) in [7, 11) is 1.93. The highest BCUT2D eigenvalue weighted by Gasteiger charge is 2.16. The third-order valence-electron chi connectivity index (χ3n) is 4.05. The number of imidazole rings is 1. The van der Waals surface area contributed by atoms with Crippen LogP contribution in [0.15, 0.2) is 30.7 Å². The van der Waals surface area contributed by atoms with E-state index >= 15 is 0 Å². The molecule has 0 bridgehead atoms. The molecule has 1 fully saturated rings. The lowest BCUT2D eigenvalue weighted by Crippen LogP contribution is -2.36. The smallest absolute Gasteiger partial charge is 0.117 e. The third-order valence-corrected chi connectivity index (χ3v) is 4.05. The molecule has 1 aliphatic heterocycles. The van der Waals surface area contributed by atoms with Crippen LogP contribution in [-0.2, 0) is 11.8 Å². The fraction of sp³-hybridized carbons (Fsp3) is 0.294. The van der Waals surface area contributed by atoms with E-state index in [1.54, 1.807) is 12.5 Å². The van der Waals surface area contributed by atoms with Gasteiger partial charge in [-0.05, 0) is 24.0 Å². The topological polar surface area (TPSA) is 59.0 Å². The summed E-state index contributed by atoms with van der Waals surface area (Å²) in [4.78, 5) is 6.39. The monoisotopic (exact) mass is 307 g/mol. The van der Waals surface area contributed by atoms with Gasteiger partial charge < -0.3 is 14.2 Å². The van der Waals surface area contributed by atoms with Crippen molar-refractivity contribution in [2.24, 2.45) is 7.05 Å². The Morgan fingerprint density at radius 1 is 1.22 bits per heavy atom. The van der Waals surface area contributed by atoms with Gasteiger partial charge in [0.2, 0.25) is 0 Å². The number of para-hydroxylation sites is 1. The normalized spacial score (nSPS) is 14.7. The number of anilines is 1. The molecule has 0 atom stereocenters. The van der Waals surface area contributed by atoms with Crippen molar-refractivity contribution in [3.63, 3.8) is 0 Å². The zero-order valence-electron chi connectivity index (χ0n) is 12.9. The number of fused-ring (bicyclic) bond motifs is 1. The molecule has 0 aliphatic carbocycles. The minimum atomic E-state index is 0.758. The van der Waals surface area contributed by atoms with Crippen molar-refractivity contribution in [1.29, 1.82) is 0 Å². The summed E-state index contributed by atoms with van der Waals surface area (Å²) in [6.07, 6.45) is 3.50. The molecule has 0 unspecified atom stereocenters. The van der Waals surface area contributed by atoms with E-state index in [4.69, 9.17) is 4.74 Å². The van der Waals surface area contributed by atoms with Crippen LogP contribution in [0.25, 0.3) is 10.9 Å². The maximum absolute atomic E-state index is 5.43. The first-order valence-corrected chi connectivity index (χ1v) is 7.61. The number of rotatable bonds is 1. The third kappa shape index (κ3) is 2.56. The number of ether oxygens (including phenoxy) is 1. The van der Waals surface area contributed by atoms with E-state index in [1.165, 1.54) is 0 Å². The van der Waals surface area contributed by atoms with E-state index in [1.807, 2.05) is 11.6 Å². The summed E-state index contributed by atoms with van der Waals surface area (Å²) in [6.45, 7) is 3.30. The van der Waals surface area contributed by atoms with Gasteiger partial charge in [-0.15, -0.1) is 0 Å². The first-order valence-electron chi connectivity index (χ1n) is 7.61. The summed E-state index contributed by atoms with van der Waals surface area (Å²) in [5.41, 5.74) is 3.80. The van der Waals surface area contributed by atoms with Gasteiger partial charge in [-0.1, -0.05) is 6.07 Å². The average molecular weight is 307 g/mol. The molecule has 116 valence electrons. The zero-order chi connectivity index (χ0) is 15.6. The lowest BCUT2D eigenvalue weighted by atomic mass is 10.1. The SMILES string of the molecule is Cn1cncc1C#Cc1[nH]nc2c(N3CCOCC3)cccc12. The van der Waals surface area contributed by atoms with Gasteiger partial charge in [-0.3, -0.25) is 5.10 Å². The van der Waals surface area contributed by atoms with Gasteiger partial charge in [-0.25, -0.2) is 4.98 Å². The van der Waals surface area contributed by atoms with Crippen molar-refractivity contribution in [1.82, 2.24) is 19.7 Å². The van der Waals surface area contributed by atoms with E-state index in [-0.39, 0.29) is 0 Å². The lowest BCUT2D eigenvalue weighted by Gasteiger charge is -2.28. The van der Waals surface area contributed by atoms with Crippen LogP contribution >= 0.6 is 0 Å². The van der Waals surface area contributed by atoms with Crippen molar-refractivity contribution in [3.8, 4) is 11.8 Å². The minimum absolute atomic E-state index is 0.758. The van der Waals surface area contributed by atoms with Crippen LogP contribution in [0.4, 0.5) is 5.69 Å². The molecule has 0 radical (unpaired) electrons. The average Bonchev–Trinajstić information content (AvgIpc) is 3.19. The molecule has 2 aromatic heterocycles. The molecule has 0 saturated carbocycles. The van der Waals surface area contributed by atoms with E-state index in [9.17, 15) is 0 Å². The highest BCUT2D eigenvalue weighted by Crippen LogP contribution is 2.27. The van der Waals surface area contributed by atoms with Gasteiger partial charge in [0.1, 0.15) is 16.9 Å². The van der Waals surface area contributed by atoms with Crippen LogP contribution in [-0.4, -0.2) is 46.1 Å². The van der Waals surface area contributed by atoms with Crippen LogP contribution in [0, 0.1) is 11.8 Å². The van der Waals surface area contributed by atoms with Gasteiger partial charge in [0.05, 0.1) is 31.4 Å². The van der Waals surface area contributed by atoms with Crippen molar-refractivity contribution in [2.75, 3.05) is 31.2 Å². The Morgan fingerprint density at radius 3 is 2.87 bits per heavy atom. The Balaban J connectivity index is 1.73. The minimum Gasteiger partial charge on any atom is -0.378 e. The fourth-order valence-corrected chi connectivity index (χ4v) is 2.78. The number of aromatic nitrogens is 4. The van der Waals surface area contributed by atoms with E-state index in [0.29, 0.717) is 0 Å². The molecule has 0 amide bonds. The fourth-order valence-electron chi connectivity index (χ4n) is 2.78. The standard InChI is InChI=1S/C17H17N5O/c1-21-12-18-11-13(21)5-6-15-14-3-2-4-16(17(14)20-19-15)22-7-9-23-10-8-22/h2-4,11-12H,7-10H2,1H3,(H,19,20). The number of morpholine rings is 1. The van der Waals surface area contributed by atoms with Crippen LogP contribution in [0.3, 0.4) is 0 Å². The first-order chi connectivity index (χ1) is 11.3. The molecule has 1 saturated heterocycles. The second-order valence-corrected chi connectivity index (χ2v) is 5.51. The maximum Gasteiger partial charge on any atom is 0.117 e. The summed E-state index contributed by atoms with van der Waals surface area (Å²) in [5.74, 6) is 6.30. The molecule has 1 N–H and O–H groups in total. The molecule has 6 heteroatoms. The molecule has 0 spiro atoms. The largest absolute Gasteiger partial charge is 0.378 e. The molecule has 3 heterocycles. The first kappa shape index (κ1) is 13.9. The molecule has 1 aliphatic rings. The number of aryl methyl sites for hydroxylation is 1. The van der Waals surface area contributed by atoms with Gasteiger partial charge in [0, 0.05) is 25.5 Å². The summed E-state index contributed by atoms with van der Waals surface area (Å²) in [6, 6.07) is 6.21. The summed E-state index contributed by atoms with van der Waals surface area (Å²) in [5, 5.41) is 8.59. The number of nitrogens with one attached hydrogen (secondary N) is 1. The molecule has 6 nitrogen and oxygen atoms in total. The van der Waals surface area contributed by atoms with Crippen LogP contribution in [0.5, 0.6) is 0 Å². The predicted molar refractivity (Wildman–Crippen MR) is 88.3 cm³/mol. The van der Waals surface area contributed by atoms with Crippen molar-refractivity contribution < 1.29 is 4.74 Å². The quantitative estimate of drug-likeness (QED) is 0.693. The number of benzene rings is 1. The molecular weight excluding hydrogens is 290 g/mol. The van der Waals surface area contributed by atoms with Gasteiger partial charge in [0.15, 0.2) is 0 Å². The van der Waals surface area contributed by atoms with Gasteiger partial charge >= 0.3 is 0 Å². The Bertz CT molecular complexity index is 892. The number of nitrogens with zero attached hydrogens (tertiary/aromatic N) is 4. The maximum atomic E-state index is 5.43. The van der Waals surface area contributed by atoms with Gasteiger partial charge in [-0.2, -0.15) is 5.10 Å². The number of hydrogen-bond acceptors (Lipinski definition) is 4. The molecule has 1 aromatic carbocycles. The molecule has 4 rings (SSSR count). The second-order valence-electron chi connectivity index (χ2n) is 5.51. The van der Waals surface area contributed by atoms with Crippen LogP contribution in [0.2, 0.25) is 0 Å². The Morgan fingerprint density at radius 2 is 2.09 bits per heavy atom. The molecular formula is C17H17N5O. The number of H-pyrrole nitrogens is 1. The van der Waals surface area contributed by atoms with Crippen molar-refractivity contribution >= 4 is 16.6 Å². The van der Waals surface area contributed by atoms with Gasteiger partial charge in [0.25, 0.3) is 0 Å². The summed E-state index contributed by atoms with van der Waals surface area (Å²) >= 11 is 0. The Hall–Kier alpha value is -2.78. The van der Waals surface area contributed by atoms with Crippen LogP contribution in [0.1, 0.15) is 11.4 Å². The van der Waals surface area contributed by atoms with E-state index < -0.39 is 0 Å². The number of hydrogen-bond donors (Lipinski definition) is 1. The number of aromatic amines is 1. The summed E-state index contributed by atoms with van der Waals surface area (Å²) < 4.78 is 7.32. The van der Waals surface area contributed by atoms with E-state index in [0.717, 1.165) is 54.3 Å². The Kier molecular flexibility index (Phi) is 3.48. The zero-order valence-corrected chi connectivity index (χ0v) is 12.9. The van der Waals surface area contributed by atoms with E-state index in [2.05, 4.69) is 50.1 Å². The van der Waals surface area contributed by atoms with Crippen molar-refractivity contribution in [3.05, 3.63) is 42.1 Å². The highest BCUT2D eigenvalue weighted by atomic mass is 16.5. The molecule has 23 heavy (non-hydrogen) atoms.